The van der Waals surface area contributed by atoms with Gasteiger partial charge < -0.3 is 20.3 Å². The molecule has 0 aliphatic rings. The van der Waals surface area contributed by atoms with Crippen LogP contribution in [0.5, 0.6) is 0 Å². The predicted octanol–water partition coefficient (Wildman–Crippen LogP) is 14.8. The monoisotopic (exact) mass is 836 g/mol. The average molecular weight is 836 g/mol. The number of aliphatic hydroxyl groups is 2. The zero-order valence-electron chi connectivity index (χ0n) is 39.1. The molecule has 0 aromatic carbocycles. The first kappa shape index (κ1) is 57.0. The number of hydrogen-bond acceptors (Lipinski definition) is 5. The van der Waals surface area contributed by atoms with Crippen molar-refractivity contribution >= 4 is 11.9 Å². The molecule has 0 saturated heterocycles. The maximum atomic E-state index is 13.2. The molecule has 0 aliphatic heterocycles. The summed E-state index contributed by atoms with van der Waals surface area (Å²) < 4.78 is 5.86. The lowest BCUT2D eigenvalue weighted by atomic mass is 10.0. The minimum atomic E-state index is -0.815. The molecule has 6 heteroatoms. The van der Waals surface area contributed by atoms with Crippen LogP contribution in [0.3, 0.4) is 0 Å². The quantitative estimate of drug-likeness (QED) is 0.0246. The Labute approximate surface area is 370 Å². The maximum Gasteiger partial charge on any atom is 0.306 e. The van der Waals surface area contributed by atoms with Crippen molar-refractivity contribution < 1.29 is 24.5 Å². The van der Waals surface area contributed by atoms with Gasteiger partial charge in [0.2, 0.25) is 5.91 Å². The van der Waals surface area contributed by atoms with Gasteiger partial charge in [-0.15, -0.1) is 0 Å². The van der Waals surface area contributed by atoms with Gasteiger partial charge in [-0.3, -0.25) is 9.59 Å². The van der Waals surface area contributed by atoms with E-state index < -0.39 is 18.2 Å². The van der Waals surface area contributed by atoms with Crippen LogP contribution in [0.15, 0.2) is 85.1 Å². The van der Waals surface area contributed by atoms with Crippen molar-refractivity contribution in [2.45, 2.75) is 238 Å². The number of unbranched alkanes of at least 4 members (excludes halogenated alkanes) is 20. The van der Waals surface area contributed by atoms with E-state index in [2.05, 4.69) is 99.0 Å². The van der Waals surface area contributed by atoms with E-state index in [1.807, 2.05) is 12.2 Å². The molecule has 1 amide bonds. The molecule has 0 aliphatic carbocycles. The van der Waals surface area contributed by atoms with Crippen molar-refractivity contribution in [2.24, 2.45) is 0 Å². The molecule has 3 unspecified atom stereocenters. The molecule has 0 bridgehead atoms. The SMILES string of the molecule is CC/C=C/C=C/C=C/CCCCCCCCCC(=O)OC(C/C=C\C/C=C\C/C=C\C/C=C\CCCCC)CC(=O)NC(CO)C(O)CCCCCCCCCCCCC. The first-order chi connectivity index (χ1) is 29.5. The van der Waals surface area contributed by atoms with E-state index in [1.165, 1.54) is 103 Å². The van der Waals surface area contributed by atoms with Crippen LogP contribution in [0, 0.1) is 0 Å². The number of ether oxygens (including phenoxy) is 1. The number of rotatable bonds is 43. The summed E-state index contributed by atoms with van der Waals surface area (Å²) in [5, 5.41) is 23.7. The number of hydrogen-bond donors (Lipinski definition) is 3. The normalized spacial score (nSPS) is 14.0. The van der Waals surface area contributed by atoms with Crippen molar-refractivity contribution in [1.82, 2.24) is 5.32 Å². The zero-order chi connectivity index (χ0) is 43.8. The van der Waals surface area contributed by atoms with E-state index in [0.29, 0.717) is 19.3 Å². The van der Waals surface area contributed by atoms with Gasteiger partial charge >= 0.3 is 5.97 Å². The van der Waals surface area contributed by atoms with Crippen molar-refractivity contribution in [3.05, 3.63) is 85.1 Å². The van der Waals surface area contributed by atoms with E-state index in [4.69, 9.17) is 4.74 Å². The molecule has 0 rings (SSSR count). The predicted molar refractivity (Wildman–Crippen MR) is 259 cm³/mol. The fraction of sp³-hybridized carbons (Fsp3) is 0.704. The van der Waals surface area contributed by atoms with Gasteiger partial charge in [0.25, 0.3) is 0 Å². The Balaban J connectivity index is 4.76. The molecule has 0 spiro atoms. The lowest BCUT2D eigenvalue weighted by Gasteiger charge is -2.24. The second-order valence-corrected chi connectivity index (χ2v) is 16.6. The molecule has 0 heterocycles. The first-order valence-corrected chi connectivity index (χ1v) is 24.8. The van der Waals surface area contributed by atoms with Crippen molar-refractivity contribution in [3.8, 4) is 0 Å². The van der Waals surface area contributed by atoms with Gasteiger partial charge in [0.15, 0.2) is 0 Å². The van der Waals surface area contributed by atoms with Crippen LogP contribution < -0.4 is 5.32 Å². The molecule has 0 radical (unpaired) electrons. The minimum absolute atomic E-state index is 0.00713. The van der Waals surface area contributed by atoms with Crippen LogP contribution in [-0.2, 0) is 14.3 Å². The summed E-state index contributed by atoms with van der Waals surface area (Å²) in [4.78, 5) is 26.1. The summed E-state index contributed by atoms with van der Waals surface area (Å²) in [6.45, 7) is 6.28. The standard InChI is InChI=1S/C54H93NO5/c1-4-7-10-13-16-19-22-24-26-28-31-33-36-39-42-45-50(60-54(59)47-44-41-38-35-32-29-27-25-23-20-17-14-11-8-5-2)48-53(58)55-51(49-56)52(57)46-43-40-37-34-30-21-18-15-12-9-6-3/h8,11,14,16-17,19-20,23-24,26,31,33,39,42,50-52,56-57H,4-7,9-10,12-13,15,18,21-22,25,27-30,32,34-38,40-41,43-49H2,1-3H3,(H,55,58)/b11-8+,17-14+,19-16-,23-20+,26-24-,33-31-,42-39-. The van der Waals surface area contributed by atoms with Gasteiger partial charge in [-0.25, -0.2) is 0 Å². The molecule has 3 atom stereocenters. The lowest BCUT2D eigenvalue weighted by Crippen LogP contribution is -2.46. The van der Waals surface area contributed by atoms with Gasteiger partial charge in [-0.2, -0.15) is 0 Å². The van der Waals surface area contributed by atoms with Crippen LogP contribution >= 0.6 is 0 Å². The number of allylic oxidation sites excluding steroid dienone is 13. The van der Waals surface area contributed by atoms with Gasteiger partial charge in [0.05, 0.1) is 25.2 Å². The summed E-state index contributed by atoms with van der Waals surface area (Å²) in [7, 11) is 0. The van der Waals surface area contributed by atoms with E-state index in [9.17, 15) is 19.8 Å². The highest BCUT2D eigenvalue weighted by Gasteiger charge is 2.23. The summed E-state index contributed by atoms with van der Waals surface area (Å²) in [5.41, 5.74) is 0. The molecule has 0 fully saturated rings. The number of amides is 1. The Kier molecular flexibility index (Phi) is 44.8. The van der Waals surface area contributed by atoms with Gasteiger partial charge in [0.1, 0.15) is 6.10 Å². The number of carbonyl (C=O) groups is 2. The molecule has 6 nitrogen and oxygen atoms in total. The molecule has 344 valence electrons. The largest absolute Gasteiger partial charge is 0.461 e. The third-order valence-corrected chi connectivity index (χ3v) is 10.8. The van der Waals surface area contributed by atoms with Crippen LogP contribution in [0.2, 0.25) is 0 Å². The topological polar surface area (TPSA) is 95.9 Å². The Bertz CT molecular complexity index is 1160. The Morgan fingerprint density at radius 2 is 1.00 bits per heavy atom. The van der Waals surface area contributed by atoms with Crippen LogP contribution in [0.4, 0.5) is 0 Å². The van der Waals surface area contributed by atoms with E-state index in [1.54, 1.807) is 0 Å². The highest BCUT2D eigenvalue weighted by Crippen LogP contribution is 2.16. The molecule has 0 aromatic rings. The Morgan fingerprint density at radius 1 is 0.533 bits per heavy atom. The smallest absolute Gasteiger partial charge is 0.306 e. The van der Waals surface area contributed by atoms with Crippen molar-refractivity contribution in [2.75, 3.05) is 6.61 Å². The minimum Gasteiger partial charge on any atom is -0.461 e. The van der Waals surface area contributed by atoms with Crippen LogP contribution in [-0.4, -0.2) is 46.9 Å². The van der Waals surface area contributed by atoms with Gasteiger partial charge in [-0.05, 0) is 64.2 Å². The zero-order valence-corrected chi connectivity index (χ0v) is 39.1. The lowest BCUT2D eigenvalue weighted by molar-refractivity contribution is -0.150. The average Bonchev–Trinajstić information content (AvgIpc) is 3.24. The highest BCUT2D eigenvalue weighted by atomic mass is 16.5. The number of carbonyl (C=O) groups excluding carboxylic acids is 2. The fourth-order valence-corrected chi connectivity index (χ4v) is 7.00. The number of nitrogens with one attached hydrogen (secondary N) is 1. The highest BCUT2D eigenvalue weighted by molar-refractivity contribution is 5.77. The molecule has 0 aromatic heterocycles. The first-order valence-electron chi connectivity index (χ1n) is 24.8. The summed E-state index contributed by atoms with van der Waals surface area (Å²) in [6, 6.07) is -0.736. The molecule has 0 saturated carbocycles. The molecule has 60 heavy (non-hydrogen) atoms. The van der Waals surface area contributed by atoms with E-state index >= 15 is 0 Å². The second-order valence-electron chi connectivity index (χ2n) is 16.6. The number of esters is 1. The number of aliphatic hydroxyl groups excluding tert-OH is 2. The third-order valence-electron chi connectivity index (χ3n) is 10.8. The van der Waals surface area contributed by atoms with Crippen molar-refractivity contribution in [3.63, 3.8) is 0 Å². The maximum absolute atomic E-state index is 13.2. The van der Waals surface area contributed by atoms with Crippen molar-refractivity contribution in [1.29, 1.82) is 0 Å². The molecular formula is C54H93NO5. The Morgan fingerprint density at radius 3 is 1.58 bits per heavy atom. The fourth-order valence-electron chi connectivity index (χ4n) is 7.00. The summed E-state index contributed by atoms with van der Waals surface area (Å²) in [6.07, 6.45) is 60.8. The Hall–Kier alpha value is -2.96. The second kappa shape index (κ2) is 47.1. The summed E-state index contributed by atoms with van der Waals surface area (Å²) >= 11 is 0. The van der Waals surface area contributed by atoms with Gasteiger partial charge in [0, 0.05) is 12.8 Å². The molecule has 3 N–H and O–H groups in total. The third kappa shape index (κ3) is 41.8. The molecular weight excluding hydrogens is 743 g/mol. The van der Waals surface area contributed by atoms with E-state index in [-0.39, 0.29) is 24.9 Å². The van der Waals surface area contributed by atoms with Crippen LogP contribution in [0.25, 0.3) is 0 Å². The van der Waals surface area contributed by atoms with Crippen LogP contribution in [0.1, 0.15) is 220 Å². The van der Waals surface area contributed by atoms with Gasteiger partial charge in [-0.1, -0.05) is 221 Å². The van der Waals surface area contributed by atoms with E-state index in [0.717, 1.165) is 70.6 Å². The summed E-state index contributed by atoms with van der Waals surface area (Å²) in [5.74, 6) is -0.596.